The average Bonchev–Trinajstić information content (AvgIpc) is 3.42. The molecule has 2 amide bonds. The highest BCUT2D eigenvalue weighted by molar-refractivity contribution is 6.37. The second kappa shape index (κ2) is 14.0. The Kier molecular flexibility index (Phi) is 9.80. The van der Waals surface area contributed by atoms with Gasteiger partial charge in [0.05, 0.1) is 16.5 Å². The van der Waals surface area contributed by atoms with Crippen molar-refractivity contribution in [3.05, 3.63) is 102 Å². The Hall–Kier alpha value is -4.47. The summed E-state index contributed by atoms with van der Waals surface area (Å²) in [5, 5.41) is 15.8. The van der Waals surface area contributed by atoms with Gasteiger partial charge < -0.3 is 19.6 Å². The standard InChI is InChI=1S/C43H45Cl2N3O6/c1-24-23-42(2,3)46(6)34-22-30-28(20-26(24)34)38(39-31(44)13-14-32(45)40(39)41(52)53)27-19-25-11-10-18-47(33(25)21-29(27)43(30,4)5)17-9-7-8-12-37(51)54-48-35(49)15-16-36(48)50/h13-14,19-23H,7-12,15-18H2,1-6H3. The number of amides is 2. The van der Waals surface area contributed by atoms with Crippen molar-refractivity contribution in [1.82, 2.24) is 9.64 Å². The molecule has 0 bridgehead atoms. The molecule has 3 aromatic carbocycles. The smallest absolute Gasteiger partial charge is 0.333 e. The molecule has 0 saturated carbocycles. The number of halogens is 2. The van der Waals surface area contributed by atoms with E-state index in [1.807, 2.05) is 0 Å². The fraction of sp³-hybridized carbons (Fsp3) is 0.419. The summed E-state index contributed by atoms with van der Waals surface area (Å²) in [5.41, 5.74) is 7.83. The molecule has 3 aliphatic heterocycles. The lowest BCUT2D eigenvalue weighted by molar-refractivity contribution is -0.255. The van der Waals surface area contributed by atoms with E-state index in [-0.39, 0.29) is 40.4 Å². The number of hydrogen-bond donors (Lipinski definition) is 0. The Morgan fingerprint density at radius 1 is 0.907 bits per heavy atom. The highest BCUT2D eigenvalue weighted by Gasteiger charge is 2.39. The maximum absolute atomic E-state index is 12.8. The van der Waals surface area contributed by atoms with Gasteiger partial charge in [-0.3, -0.25) is 9.59 Å². The molecule has 1 aliphatic carbocycles. The van der Waals surface area contributed by atoms with Crippen LogP contribution in [0.2, 0.25) is 10.0 Å². The van der Waals surface area contributed by atoms with Gasteiger partial charge >= 0.3 is 5.97 Å². The largest absolute Gasteiger partial charge is 0.545 e. The summed E-state index contributed by atoms with van der Waals surface area (Å²) in [7, 11) is 2.11. The monoisotopic (exact) mass is 769 g/mol. The summed E-state index contributed by atoms with van der Waals surface area (Å²) in [5.74, 6) is -2.92. The summed E-state index contributed by atoms with van der Waals surface area (Å²) in [4.78, 5) is 56.1. The number of carbonyl (C=O) groups is 4. The van der Waals surface area contributed by atoms with Crippen molar-refractivity contribution in [3.8, 4) is 0 Å². The third-order valence-electron chi connectivity index (χ3n) is 11.7. The van der Waals surface area contributed by atoms with Crippen LogP contribution >= 0.6 is 23.2 Å². The van der Waals surface area contributed by atoms with Gasteiger partial charge in [-0.05, 0) is 103 Å². The van der Waals surface area contributed by atoms with Crippen LogP contribution < -0.4 is 25.2 Å². The molecule has 3 heterocycles. The number of imide groups is 1. The number of aryl methyl sites for hydroxylation is 1. The summed E-state index contributed by atoms with van der Waals surface area (Å²) >= 11 is 13.6. The molecule has 3 aromatic rings. The number of aromatic carboxylic acids is 1. The lowest BCUT2D eigenvalue weighted by atomic mass is 9.67. The SMILES string of the molecule is CC1=CC(C)(C)N(C)c2cc3c(cc21)C(c1c(Cl)ccc(Cl)c1C(=O)[O-])=c1cc2c(cc1C3(C)C)=[N+](CCCCCC(=O)ON1C(=O)CCC1=O)CCC2. The molecule has 282 valence electrons. The van der Waals surface area contributed by atoms with E-state index < -0.39 is 29.2 Å². The molecule has 0 atom stereocenters. The van der Waals surface area contributed by atoms with Gasteiger partial charge in [-0.25, -0.2) is 9.37 Å². The molecule has 0 N–H and O–H groups in total. The average molecular weight is 771 g/mol. The highest BCUT2D eigenvalue weighted by Crippen LogP contribution is 2.48. The second-order valence-corrected chi connectivity index (χ2v) is 16.8. The van der Waals surface area contributed by atoms with Crippen LogP contribution in [0.15, 0.2) is 42.5 Å². The zero-order chi connectivity index (χ0) is 38.9. The first-order valence-corrected chi connectivity index (χ1v) is 19.5. The quantitative estimate of drug-likeness (QED) is 0.161. The molecule has 0 unspecified atom stereocenters. The van der Waals surface area contributed by atoms with Gasteiger partial charge in [0.15, 0.2) is 0 Å². The van der Waals surface area contributed by atoms with E-state index in [1.165, 1.54) is 11.6 Å². The Morgan fingerprint density at radius 3 is 2.31 bits per heavy atom. The van der Waals surface area contributed by atoms with E-state index in [0.29, 0.717) is 17.0 Å². The molecular weight excluding hydrogens is 725 g/mol. The lowest BCUT2D eigenvalue weighted by Crippen LogP contribution is -2.44. The van der Waals surface area contributed by atoms with Gasteiger partial charge in [0, 0.05) is 83.6 Å². The number of benzene rings is 3. The van der Waals surface area contributed by atoms with Crippen molar-refractivity contribution >= 4 is 63.8 Å². The molecule has 0 aromatic heterocycles. The van der Waals surface area contributed by atoms with E-state index in [2.05, 4.69) is 81.5 Å². The molecule has 0 spiro atoms. The predicted octanol–water partition coefficient (Wildman–Crippen LogP) is 5.48. The van der Waals surface area contributed by atoms with Gasteiger partial charge in [-0.15, -0.1) is 5.06 Å². The van der Waals surface area contributed by atoms with Gasteiger partial charge in [-0.1, -0.05) is 43.1 Å². The van der Waals surface area contributed by atoms with Gasteiger partial charge in [0.2, 0.25) is 5.36 Å². The van der Waals surface area contributed by atoms with E-state index in [4.69, 9.17) is 28.0 Å². The molecular formula is C43H45Cl2N3O6. The maximum Gasteiger partial charge on any atom is 0.333 e. The maximum atomic E-state index is 12.8. The number of carboxylic acid groups (broad SMARTS) is 1. The number of nitrogens with zero attached hydrogens (tertiary/aromatic N) is 3. The van der Waals surface area contributed by atoms with Crippen molar-refractivity contribution in [2.24, 2.45) is 0 Å². The van der Waals surface area contributed by atoms with Crippen molar-refractivity contribution in [1.29, 1.82) is 0 Å². The number of allylic oxidation sites excluding steroid dienone is 1. The third kappa shape index (κ3) is 6.43. The van der Waals surface area contributed by atoms with Crippen LogP contribution in [-0.2, 0) is 31.1 Å². The molecule has 11 heteroatoms. The molecule has 1 saturated heterocycles. The van der Waals surface area contributed by atoms with Crippen LogP contribution in [0.1, 0.15) is 123 Å². The zero-order valence-corrected chi connectivity index (χ0v) is 33.2. The number of hydroxylamine groups is 2. The summed E-state index contributed by atoms with van der Waals surface area (Å²) in [6.45, 7) is 12.6. The lowest BCUT2D eigenvalue weighted by Gasteiger charge is -2.43. The summed E-state index contributed by atoms with van der Waals surface area (Å²) in [6.07, 6.45) is 6.52. The molecule has 7 rings (SSSR count). The fourth-order valence-corrected chi connectivity index (χ4v) is 9.18. The van der Waals surface area contributed by atoms with Gasteiger partial charge in [-0.2, -0.15) is 0 Å². The van der Waals surface area contributed by atoms with Crippen LogP contribution in [0.25, 0.3) is 11.1 Å². The number of hydrogen-bond acceptors (Lipinski definition) is 7. The number of unbranched alkanes of at least 4 members (excludes halogenated alkanes) is 2. The van der Waals surface area contributed by atoms with E-state index in [1.54, 1.807) is 6.07 Å². The number of likely N-dealkylation sites (N-methyl/N-ethyl adjacent to an activating group) is 1. The molecule has 1 fully saturated rings. The minimum Gasteiger partial charge on any atom is -0.545 e. The van der Waals surface area contributed by atoms with Crippen molar-refractivity contribution in [2.45, 2.75) is 96.9 Å². The van der Waals surface area contributed by atoms with Crippen LogP contribution in [0.3, 0.4) is 0 Å². The molecule has 9 nitrogen and oxygen atoms in total. The Morgan fingerprint density at radius 2 is 1.61 bits per heavy atom. The van der Waals surface area contributed by atoms with Crippen LogP contribution in [0, 0.1) is 0 Å². The van der Waals surface area contributed by atoms with E-state index in [9.17, 15) is 24.3 Å². The Labute approximate surface area is 325 Å². The van der Waals surface area contributed by atoms with Gasteiger partial charge in [0.25, 0.3) is 11.8 Å². The van der Waals surface area contributed by atoms with Crippen LogP contribution in [0.4, 0.5) is 5.69 Å². The third-order valence-corrected chi connectivity index (χ3v) is 12.4. The second-order valence-electron chi connectivity index (χ2n) is 16.0. The Balaban J connectivity index is 1.33. The van der Waals surface area contributed by atoms with Gasteiger partial charge in [0.1, 0.15) is 13.1 Å². The normalized spacial score (nSPS) is 18.2. The van der Waals surface area contributed by atoms with Crippen molar-refractivity contribution < 1.29 is 29.1 Å². The minimum atomic E-state index is -1.39. The predicted molar refractivity (Wildman–Crippen MR) is 208 cm³/mol. The topological polar surface area (TPSA) is 110 Å². The zero-order valence-electron chi connectivity index (χ0n) is 31.7. The number of rotatable bonds is 9. The molecule has 4 aliphatic rings. The molecule has 0 radical (unpaired) electrons. The number of carbonyl (C=O) groups excluding carboxylic acids is 4. The summed E-state index contributed by atoms with van der Waals surface area (Å²) in [6, 6.07) is 12.1. The van der Waals surface area contributed by atoms with E-state index >= 15 is 0 Å². The van der Waals surface area contributed by atoms with Crippen molar-refractivity contribution in [2.75, 3.05) is 25.0 Å². The first-order chi connectivity index (χ1) is 25.5. The summed E-state index contributed by atoms with van der Waals surface area (Å²) < 4.78 is 2.40. The number of carboxylic acids is 1. The van der Waals surface area contributed by atoms with Crippen LogP contribution in [0.5, 0.6) is 0 Å². The number of fused-ring (bicyclic) bond motifs is 4. The number of anilines is 1. The molecule has 54 heavy (non-hydrogen) atoms. The van der Waals surface area contributed by atoms with Crippen LogP contribution in [-0.4, -0.2) is 54.5 Å². The van der Waals surface area contributed by atoms with Crippen molar-refractivity contribution in [3.63, 3.8) is 0 Å². The minimum absolute atomic E-state index is 0.0693. The fourth-order valence-electron chi connectivity index (χ4n) is 8.69. The Bertz CT molecular complexity index is 2310. The first kappa shape index (κ1) is 37.8. The first-order valence-electron chi connectivity index (χ1n) is 18.7. The van der Waals surface area contributed by atoms with E-state index in [0.717, 1.165) is 88.4 Å². The highest BCUT2D eigenvalue weighted by atomic mass is 35.5.